The average molecular weight is 893 g/mol. The summed E-state index contributed by atoms with van der Waals surface area (Å²) in [5.74, 6) is 1.44. The third-order valence-electron chi connectivity index (χ3n) is 11.3. The smallest absolute Gasteiger partial charge is 0.466 e. The van der Waals surface area contributed by atoms with E-state index >= 15 is 0 Å². The topological polar surface area (TPSA) is 134 Å². The average Bonchev–Trinajstić information content (AvgIpc) is 3.92. The maximum absolute atomic E-state index is 12.7. The van der Waals surface area contributed by atoms with Gasteiger partial charge in [-0.2, -0.15) is 0 Å². The number of phosphoric acid groups is 1. The number of carbonyl (C=O) groups is 2. The molecule has 62 heavy (non-hydrogen) atoms. The number of furan rings is 1. The Morgan fingerprint density at radius 1 is 0.677 bits per heavy atom. The predicted molar refractivity (Wildman–Crippen MR) is 250 cm³/mol. The predicted octanol–water partition coefficient (Wildman–Crippen LogP) is 12.3. The summed E-state index contributed by atoms with van der Waals surface area (Å²) in [4.78, 5) is 35.6. The Labute approximate surface area is 376 Å². The summed E-state index contributed by atoms with van der Waals surface area (Å²) >= 11 is 0. The van der Waals surface area contributed by atoms with Crippen molar-refractivity contribution in [1.82, 2.24) is 0 Å². The number of phosphoric ester groups is 1. The monoisotopic (exact) mass is 893 g/mol. The number of hydrogen-bond acceptors (Lipinski definition) is 9. The summed E-state index contributed by atoms with van der Waals surface area (Å²) in [5.41, 5.74) is 2.66. The van der Waals surface area contributed by atoms with Crippen molar-refractivity contribution < 1.29 is 51.2 Å². The van der Waals surface area contributed by atoms with E-state index in [1.54, 1.807) is 0 Å². The third-order valence-corrected chi connectivity index (χ3v) is 12.3. The third kappa shape index (κ3) is 28.3. The van der Waals surface area contributed by atoms with Crippen molar-refractivity contribution in [3.63, 3.8) is 0 Å². The Balaban J connectivity index is 1.64. The molecule has 1 fully saturated rings. The second kappa shape index (κ2) is 33.0. The fourth-order valence-electron chi connectivity index (χ4n) is 7.05. The molecule has 2 rings (SSSR count). The second-order valence-electron chi connectivity index (χ2n) is 18.1. The largest absolute Gasteiger partial charge is 0.472 e. The van der Waals surface area contributed by atoms with Gasteiger partial charge in [0.05, 0.1) is 40.0 Å². The van der Waals surface area contributed by atoms with Gasteiger partial charge in [-0.05, 0) is 89.2 Å². The van der Waals surface area contributed by atoms with Crippen LogP contribution in [0.5, 0.6) is 0 Å². The standard InChI is InChI=1S/C50H86NO10P/c1-8-10-12-13-21-28-34-47-48(61-47)35-29-23-18-16-20-25-31-37-50(53)59-44(41-58-62(54,55)57-39-38-51(5,6)7)40-56-49(52)36-30-24-19-15-14-17-22-27-33-46-43(4)42(3)45(60-46)32-26-11-9-2/h16,20-21,23,28-29,44,47-48H,8-15,17-19,22,24-27,30-41H2,1-7H3/p+1/b20-16-,28-21-,29-23-/t44-,47?,48?/m1/s1. The highest BCUT2D eigenvalue weighted by Crippen LogP contribution is 2.43. The number of allylic oxidation sites excluding steroid dienone is 4. The quantitative estimate of drug-likeness (QED) is 0.0170. The number of esters is 2. The number of rotatable bonds is 39. The van der Waals surface area contributed by atoms with Gasteiger partial charge in [-0.1, -0.05) is 115 Å². The molecule has 12 heteroatoms. The molecule has 1 aliphatic heterocycles. The van der Waals surface area contributed by atoms with Crippen molar-refractivity contribution in [2.24, 2.45) is 0 Å². The summed E-state index contributed by atoms with van der Waals surface area (Å²) in [6.45, 7) is 8.63. The lowest BCUT2D eigenvalue weighted by Crippen LogP contribution is -2.37. The van der Waals surface area contributed by atoms with Crippen LogP contribution < -0.4 is 0 Å². The number of quaternary nitrogens is 1. The van der Waals surface area contributed by atoms with Crippen LogP contribution in [0.1, 0.15) is 178 Å². The first kappa shape index (κ1) is 55.6. The van der Waals surface area contributed by atoms with Crippen molar-refractivity contribution in [1.29, 1.82) is 0 Å². The number of hydrogen-bond donors (Lipinski definition) is 1. The van der Waals surface area contributed by atoms with E-state index in [2.05, 4.69) is 58.1 Å². The highest BCUT2D eigenvalue weighted by Gasteiger charge is 2.36. The van der Waals surface area contributed by atoms with Gasteiger partial charge >= 0.3 is 19.8 Å². The Bertz CT molecular complexity index is 1490. The first-order chi connectivity index (χ1) is 29.7. The van der Waals surface area contributed by atoms with Crippen molar-refractivity contribution >= 4 is 19.8 Å². The molecule has 1 saturated heterocycles. The molecule has 0 aromatic carbocycles. The SMILES string of the molecule is CCCCC/C=C\CC1OC1C/C=C\C/C=C\CCCC(=O)O[C@H](COC(=O)CCCCCCCCCCc1oc(CCCCC)c(C)c1C)COP(=O)(O)OCC[N+](C)(C)C. The van der Waals surface area contributed by atoms with Crippen LogP contribution in [0.15, 0.2) is 40.9 Å². The van der Waals surface area contributed by atoms with Gasteiger partial charge in [-0.25, -0.2) is 4.57 Å². The number of nitrogens with zero attached hydrogens (tertiary/aromatic N) is 1. The molecule has 1 aromatic rings. The summed E-state index contributed by atoms with van der Waals surface area (Å²) in [6.07, 6.45) is 36.2. The number of likely N-dealkylation sites (N-methyl/N-ethyl adjacent to an activating group) is 1. The van der Waals surface area contributed by atoms with E-state index in [1.807, 2.05) is 27.2 Å². The molecule has 1 aromatic heterocycles. The zero-order valence-electron chi connectivity index (χ0n) is 40.0. The van der Waals surface area contributed by atoms with Gasteiger partial charge in [0.2, 0.25) is 0 Å². The molecule has 1 aliphatic rings. The van der Waals surface area contributed by atoms with E-state index in [0.717, 1.165) is 70.0 Å². The minimum absolute atomic E-state index is 0.0117. The zero-order chi connectivity index (χ0) is 45.5. The Kier molecular flexibility index (Phi) is 29.6. The van der Waals surface area contributed by atoms with Crippen LogP contribution in [0.25, 0.3) is 0 Å². The number of epoxide rings is 1. The summed E-state index contributed by atoms with van der Waals surface area (Å²) in [5, 5.41) is 0. The Morgan fingerprint density at radius 3 is 1.85 bits per heavy atom. The van der Waals surface area contributed by atoms with Crippen molar-refractivity contribution in [2.75, 3.05) is 47.5 Å². The lowest BCUT2D eigenvalue weighted by molar-refractivity contribution is -0.870. The van der Waals surface area contributed by atoms with E-state index in [9.17, 15) is 19.0 Å². The van der Waals surface area contributed by atoms with Crippen LogP contribution >= 0.6 is 7.82 Å². The second-order valence-corrected chi connectivity index (χ2v) is 19.6. The lowest BCUT2D eigenvalue weighted by Gasteiger charge is -2.24. The molecule has 0 saturated carbocycles. The van der Waals surface area contributed by atoms with E-state index < -0.39 is 32.5 Å². The highest BCUT2D eigenvalue weighted by atomic mass is 31.2. The highest BCUT2D eigenvalue weighted by molar-refractivity contribution is 7.47. The molecular weight excluding hydrogens is 806 g/mol. The van der Waals surface area contributed by atoms with Gasteiger partial charge in [-0.3, -0.25) is 18.6 Å². The molecule has 2 heterocycles. The fourth-order valence-corrected chi connectivity index (χ4v) is 7.79. The Morgan fingerprint density at radius 2 is 1.21 bits per heavy atom. The summed E-state index contributed by atoms with van der Waals surface area (Å²) in [7, 11) is 1.41. The number of unbranched alkanes of at least 4 members (excludes halogenated alkanes) is 13. The first-order valence-corrected chi connectivity index (χ1v) is 25.7. The van der Waals surface area contributed by atoms with Crippen LogP contribution in [0.2, 0.25) is 0 Å². The lowest BCUT2D eigenvalue weighted by atomic mass is 10.0. The van der Waals surface area contributed by atoms with Crippen molar-refractivity contribution in [3.8, 4) is 0 Å². The van der Waals surface area contributed by atoms with Crippen molar-refractivity contribution in [3.05, 3.63) is 59.1 Å². The van der Waals surface area contributed by atoms with Gasteiger partial charge in [0.25, 0.3) is 0 Å². The molecule has 4 atom stereocenters. The van der Waals surface area contributed by atoms with Gasteiger partial charge < -0.3 is 28.0 Å². The van der Waals surface area contributed by atoms with E-state index in [4.69, 9.17) is 27.7 Å². The molecular formula is C50H87NO10P+. The maximum atomic E-state index is 12.7. The minimum atomic E-state index is -4.41. The summed E-state index contributed by atoms with van der Waals surface area (Å²) < 4.78 is 46.4. The van der Waals surface area contributed by atoms with Crippen LogP contribution in [0.4, 0.5) is 0 Å². The van der Waals surface area contributed by atoms with Gasteiger partial charge in [0, 0.05) is 25.7 Å². The van der Waals surface area contributed by atoms with Crippen LogP contribution in [0, 0.1) is 13.8 Å². The maximum Gasteiger partial charge on any atom is 0.472 e. The molecule has 1 N–H and O–H groups in total. The molecule has 0 spiro atoms. The van der Waals surface area contributed by atoms with Gasteiger partial charge in [-0.15, -0.1) is 0 Å². The molecule has 3 unspecified atom stereocenters. The Hall–Kier alpha value is -2.53. The van der Waals surface area contributed by atoms with E-state index in [-0.39, 0.29) is 26.1 Å². The molecule has 0 aliphatic carbocycles. The number of ether oxygens (including phenoxy) is 3. The number of aryl methyl sites for hydroxylation is 2. The molecule has 356 valence electrons. The molecule has 11 nitrogen and oxygen atoms in total. The number of carbonyl (C=O) groups excluding carboxylic acids is 2. The molecule has 0 bridgehead atoms. The summed E-state index contributed by atoms with van der Waals surface area (Å²) in [6, 6.07) is 0. The first-order valence-electron chi connectivity index (χ1n) is 24.2. The van der Waals surface area contributed by atoms with Crippen LogP contribution in [0.3, 0.4) is 0 Å². The van der Waals surface area contributed by atoms with Crippen molar-refractivity contribution in [2.45, 2.75) is 200 Å². The van der Waals surface area contributed by atoms with Gasteiger partial charge in [0.1, 0.15) is 31.3 Å². The van der Waals surface area contributed by atoms with Crippen LogP contribution in [-0.2, 0) is 50.3 Å². The molecule has 0 amide bonds. The fraction of sp³-hybridized carbons (Fsp3) is 0.760. The van der Waals surface area contributed by atoms with E-state index in [0.29, 0.717) is 42.5 Å². The van der Waals surface area contributed by atoms with Crippen LogP contribution in [-0.4, -0.2) is 87.1 Å². The normalized spacial score (nSPS) is 17.0. The molecule has 0 radical (unpaired) electrons. The van der Waals surface area contributed by atoms with E-state index in [1.165, 1.54) is 74.7 Å². The van der Waals surface area contributed by atoms with Gasteiger partial charge in [0.15, 0.2) is 6.10 Å². The minimum Gasteiger partial charge on any atom is -0.466 e. The zero-order valence-corrected chi connectivity index (χ0v) is 40.9.